The molecule has 0 aliphatic heterocycles. The van der Waals surface area contributed by atoms with E-state index in [1.807, 2.05) is 6.92 Å². The molecule has 0 fully saturated rings. The van der Waals surface area contributed by atoms with Crippen LogP contribution in [0.5, 0.6) is 0 Å². The third kappa shape index (κ3) is 5.13. The molecular formula is C18H19N3O4. The van der Waals surface area contributed by atoms with E-state index < -0.39 is 10.8 Å². The lowest BCUT2D eigenvalue weighted by molar-refractivity contribution is -0.384. The molecule has 2 aromatic carbocycles. The minimum atomic E-state index is -0.553. The van der Waals surface area contributed by atoms with Crippen LogP contribution < -0.4 is 10.6 Å². The molecule has 2 amide bonds. The van der Waals surface area contributed by atoms with Crippen molar-refractivity contribution in [2.24, 2.45) is 0 Å². The molecule has 0 radical (unpaired) electrons. The summed E-state index contributed by atoms with van der Waals surface area (Å²) in [7, 11) is 0. The van der Waals surface area contributed by atoms with E-state index in [1.54, 1.807) is 24.3 Å². The Morgan fingerprint density at radius 3 is 2.40 bits per heavy atom. The van der Waals surface area contributed by atoms with Crippen LogP contribution in [0.2, 0.25) is 0 Å². The molecule has 7 nitrogen and oxygen atoms in total. The molecule has 0 bridgehead atoms. The summed E-state index contributed by atoms with van der Waals surface area (Å²) in [5.41, 5.74) is 1.05. The number of hydrogen-bond donors (Lipinski definition) is 2. The Morgan fingerprint density at radius 2 is 1.76 bits per heavy atom. The van der Waals surface area contributed by atoms with Gasteiger partial charge < -0.3 is 10.6 Å². The van der Waals surface area contributed by atoms with Crippen LogP contribution in [-0.4, -0.2) is 23.3 Å². The molecule has 2 aromatic rings. The zero-order valence-corrected chi connectivity index (χ0v) is 13.8. The van der Waals surface area contributed by atoms with Crippen molar-refractivity contribution >= 4 is 23.2 Å². The van der Waals surface area contributed by atoms with E-state index in [0.717, 1.165) is 12.8 Å². The summed E-state index contributed by atoms with van der Waals surface area (Å²) in [4.78, 5) is 34.3. The Labute approximate surface area is 145 Å². The second-order valence-electron chi connectivity index (χ2n) is 5.45. The SMILES string of the molecule is CCCCNC(=O)c1ccc(NC(=O)c2cccc([N+](=O)[O-])c2)cc1. The Balaban J connectivity index is 2.01. The highest BCUT2D eigenvalue weighted by molar-refractivity contribution is 6.05. The first-order valence-electron chi connectivity index (χ1n) is 7.95. The van der Waals surface area contributed by atoms with Gasteiger partial charge in [-0.15, -0.1) is 0 Å². The van der Waals surface area contributed by atoms with Crippen LogP contribution in [0.1, 0.15) is 40.5 Å². The van der Waals surface area contributed by atoms with Gasteiger partial charge in [0, 0.05) is 35.5 Å². The van der Waals surface area contributed by atoms with Crippen LogP contribution >= 0.6 is 0 Å². The second kappa shape index (κ2) is 8.58. The molecule has 2 N–H and O–H groups in total. The van der Waals surface area contributed by atoms with E-state index in [-0.39, 0.29) is 17.2 Å². The van der Waals surface area contributed by atoms with Gasteiger partial charge in [0.1, 0.15) is 0 Å². The molecule has 0 aliphatic carbocycles. The lowest BCUT2D eigenvalue weighted by Gasteiger charge is -2.07. The maximum Gasteiger partial charge on any atom is 0.270 e. The van der Waals surface area contributed by atoms with Gasteiger partial charge in [0.2, 0.25) is 0 Å². The number of carbonyl (C=O) groups is 2. The summed E-state index contributed by atoms with van der Waals surface area (Å²) in [6.07, 6.45) is 1.92. The van der Waals surface area contributed by atoms with Gasteiger partial charge in [0.25, 0.3) is 17.5 Å². The van der Waals surface area contributed by atoms with Crippen molar-refractivity contribution in [1.82, 2.24) is 5.32 Å². The smallest absolute Gasteiger partial charge is 0.270 e. The van der Waals surface area contributed by atoms with Crippen LogP contribution in [0.25, 0.3) is 0 Å². The highest BCUT2D eigenvalue weighted by atomic mass is 16.6. The number of rotatable bonds is 7. The average Bonchev–Trinajstić information content (AvgIpc) is 2.62. The number of benzene rings is 2. The van der Waals surface area contributed by atoms with Gasteiger partial charge >= 0.3 is 0 Å². The van der Waals surface area contributed by atoms with Crippen molar-refractivity contribution in [3.8, 4) is 0 Å². The van der Waals surface area contributed by atoms with Gasteiger partial charge in [-0.25, -0.2) is 0 Å². The van der Waals surface area contributed by atoms with Crippen LogP contribution in [0.3, 0.4) is 0 Å². The number of nitrogens with one attached hydrogen (secondary N) is 2. The zero-order valence-electron chi connectivity index (χ0n) is 13.8. The number of hydrogen-bond acceptors (Lipinski definition) is 4. The molecule has 2 rings (SSSR count). The molecule has 0 unspecified atom stereocenters. The predicted molar refractivity (Wildman–Crippen MR) is 94.7 cm³/mol. The molecule has 0 spiro atoms. The molecule has 7 heteroatoms. The van der Waals surface area contributed by atoms with Crippen molar-refractivity contribution in [2.75, 3.05) is 11.9 Å². The van der Waals surface area contributed by atoms with Gasteiger partial charge in [0.15, 0.2) is 0 Å². The first-order chi connectivity index (χ1) is 12.0. The van der Waals surface area contributed by atoms with Crippen molar-refractivity contribution in [3.05, 3.63) is 69.8 Å². The van der Waals surface area contributed by atoms with E-state index in [2.05, 4.69) is 10.6 Å². The Morgan fingerprint density at radius 1 is 1.04 bits per heavy atom. The first-order valence-corrected chi connectivity index (χ1v) is 7.95. The summed E-state index contributed by atoms with van der Waals surface area (Å²) >= 11 is 0. The summed E-state index contributed by atoms with van der Waals surface area (Å²) in [6.45, 7) is 2.67. The zero-order chi connectivity index (χ0) is 18.2. The van der Waals surface area contributed by atoms with Crippen molar-refractivity contribution in [2.45, 2.75) is 19.8 Å². The summed E-state index contributed by atoms with van der Waals surface area (Å²) in [6, 6.07) is 11.9. The molecular weight excluding hydrogens is 322 g/mol. The number of carbonyl (C=O) groups excluding carboxylic acids is 2. The monoisotopic (exact) mass is 341 g/mol. The molecule has 0 saturated carbocycles. The Hall–Kier alpha value is -3.22. The van der Waals surface area contributed by atoms with E-state index in [1.165, 1.54) is 24.3 Å². The summed E-state index contributed by atoms with van der Waals surface area (Å²) in [5, 5.41) is 16.2. The van der Waals surface area contributed by atoms with Gasteiger partial charge in [0.05, 0.1) is 4.92 Å². The molecule has 0 atom stereocenters. The van der Waals surface area contributed by atoms with Gasteiger partial charge in [-0.05, 0) is 36.8 Å². The van der Waals surface area contributed by atoms with Crippen LogP contribution in [0.4, 0.5) is 11.4 Å². The maximum atomic E-state index is 12.2. The lowest BCUT2D eigenvalue weighted by atomic mass is 10.1. The largest absolute Gasteiger partial charge is 0.352 e. The van der Waals surface area contributed by atoms with Crippen LogP contribution in [0, 0.1) is 10.1 Å². The second-order valence-corrected chi connectivity index (χ2v) is 5.45. The number of nitrogens with zero attached hydrogens (tertiary/aromatic N) is 1. The standard InChI is InChI=1S/C18H19N3O4/c1-2-3-11-19-17(22)13-7-9-15(10-8-13)20-18(23)14-5-4-6-16(12-14)21(24)25/h4-10,12H,2-3,11H2,1H3,(H,19,22)(H,20,23). The number of anilines is 1. The Bertz CT molecular complexity index is 772. The minimum absolute atomic E-state index is 0.147. The highest BCUT2D eigenvalue weighted by Crippen LogP contribution is 2.16. The number of unbranched alkanes of at least 4 members (excludes halogenated alkanes) is 1. The Kier molecular flexibility index (Phi) is 6.22. The number of nitro groups is 1. The van der Waals surface area contributed by atoms with Crippen LogP contribution in [-0.2, 0) is 0 Å². The fourth-order valence-corrected chi connectivity index (χ4v) is 2.15. The van der Waals surface area contributed by atoms with E-state index >= 15 is 0 Å². The fourth-order valence-electron chi connectivity index (χ4n) is 2.15. The predicted octanol–water partition coefficient (Wildman–Crippen LogP) is 3.38. The third-order valence-electron chi connectivity index (χ3n) is 3.54. The third-order valence-corrected chi connectivity index (χ3v) is 3.54. The maximum absolute atomic E-state index is 12.2. The number of nitro benzene ring substituents is 1. The van der Waals surface area contributed by atoms with Gasteiger partial charge in [-0.3, -0.25) is 19.7 Å². The molecule has 0 aliphatic rings. The average molecular weight is 341 g/mol. The van der Waals surface area contributed by atoms with Crippen molar-refractivity contribution in [3.63, 3.8) is 0 Å². The molecule has 0 heterocycles. The summed E-state index contributed by atoms with van der Waals surface area (Å²) < 4.78 is 0. The molecule has 0 aromatic heterocycles. The lowest BCUT2D eigenvalue weighted by Crippen LogP contribution is -2.24. The van der Waals surface area contributed by atoms with Gasteiger partial charge in [-0.2, -0.15) is 0 Å². The first kappa shape index (κ1) is 18.1. The van der Waals surface area contributed by atoms with Crippen molar-refractivity contribution < 1.29 is 14.5 Å². The van der Waals surface area contributed by atoms with Crippen LogP contribution in [0.15, 0.2) is 48.5 Å². The molecule has 130 valence electrons. The quantitative estimate of drug-likeness (QED) is 0.458. The molecule has 0 saturated heterocycles. The van der Waals surface area contributed by atoms with Gasteiger partial charge in [-0.1, -0.05) is 19.4 Å². The fraction of sp³-hybridized carbons (Fsp3) is 0.222. The number of amides is 2. The minimum Gasteiger partial charge on any atom is -0.352 e. The normalized spacial score (nSPS) is 10.1. The van der Waals surface area contributed by atoms with Crippen molar-refractivity contribution in [1.29, 1.82) is 0 Å². The van der Waals surface area contributed by atoms with E-state index in [9.17, 15) is 19.7 Å². The van der Waals surface area contributed by atoms with E-state index in [0.29, 0.717) is 17.8 Å². The topological polar surface area (TPSA) is 101 Å². The summed E-state index contributed by atoms with van der Waals surface area (Å²) in [5.74, 6) is -0.617. The highest BCUT2D eigenvalue weighted by Gasteiger charge is 2.12. The number of non-ortho nitro benzene ring substituents is 1. The van der Waals surface area contributed by atoms with E-state index in [4.69, 9.17) is 0 Å². The molecule has 25 heavy (non-hydrogen) atoms.